The Balaban J connectivity index is 1.44. The number of nitrogen functional groups attached to an aromatic ring is 1. The molecule has 2 aromatic heterocycles. The number of piperidine rings is 1. The van der Waals surface area contributed by atoms with Crippen LogP contribution in [0.1, 0.15) is 40.4 Å². The summed E-state index contributed by atoms with van der Waals surface area (Å²) in [6.07, 6.45) is 4.28. The van der Waals surface area contributed by atoms with Gasteiger partial charge < -0.3 is 16.0 Å². The third kappa shape index (κ3) is 4.72. The van der Waals surface area contributed by atoms with Crippen molar-refractivity contribution in [2.45, 2.75) is 32.4 Å². The van der Waals surface area contributed by atoms with Crippen molar-refractivity contribution < 1.29 is 14.0 Å². The van der Waals surface area contributed by atoms with E-state index >= 15 is 4.39 Å². The molecular weight excluding hydrogens is 485 g/mol. The molecule has 4 aromatic rings. The average Bonchev–Trinajstić information content (AvgIpc) is 3.33. The first-order chi connectivity index (χ1) is 18.4. The normalized spacial score (nSPS) is 15.4. The first-order valence-corrected chi connectivity index (χ1v) is 12.4. The molecule has 9 nitrogen and oxygen atoms in total. The number of amides is 2. The van der Waals surface area contributed by atoms with Crippen LogP contribution in [0.15, 0.2) is 61.4 Å². The molecule has 0 saturated carbocycles. The van der Waals surface area contributed by atoms with Gasteiger partial charge in [-0.2, -0.15) is 5.10 Å². The van der Waals surface area contributed by atoms with Crippen LogP contribution in [0.5, 0.6) is 0 Å². The summed E-state index contributed by atoms with van der Waals surface area (Å²) >= 11 is 0. The number of hydrogen-bond acceptors (Lipinski definition) is 6. The zero-order valence-electron chi connectivity index (χ0n) is 21.0. The number of anilines is 1. The quantitative estimate of drug-likeness (QED) is 0.379. The van der Waals surface area contributed by atoms with Crippen molar-refractivity contribution in [2.24, 2.45) is 0 Å². The smallest absolute Gasteiger partial charge is 0.251 e. The Hall–Kier alpha value is -4.60. The largest absolute Gasteiger partial charge is 0.383 e. The van der Waals surface area contributed by atoms with E-state index in [1.165, 1.54) is 18.5 Å². The number of carbonyl (C=O) groups excluding carboxylic acids is 2. The van der Waals surface area contributed by atoms with E-state index in [1.807, 2.05) is 19.1 Å². The molecule has 10 heteroatoms. The second kappa shape index (κ2) is 10.4. The molecule has 0 radical (unpaired) electrons. The highest BCUT2D eigenvalue weighted by atomic mass is 19.1. The van der Waals surface area contributed by atoms with Crippen LogP contribution in [0, 0.1) is 12.7 Å². The maximum atomic E-state index is 15.2. The fourth-order valence-corrected chi connectivity index (χ4v) is 4.87. The van der Waals surface area contributed by atoms with Crippen LogP contribution < -0.4 is 11.1 Å². The Morgan fingerprint density at radius 2 is 2.05 bits per heavy atom. The predicted molar refractivity (Wildman–Crippen MR) is 143 cm³/mol. The van der Waals surface area contributed by atoms with Crippen molar-refractivity contribution in [1.29, 1.82) is 0 Å². The van der Waals surface area contributed by atoms with Crippen LogP contribution in [-0.2, 0) is 11.3 Å². The number of nitrogens with zero attached hydrogens (tertiary/aromatic N) is 5. The molecule has 1 aliphatic heterocycles. The molecule has 1 aliphatic rings. The number of fused-ring (bicyclic) bond motifs is 1. The topological polar surface area (TPSA) is 119 Å². The van der Waals surface area contributed by atoms with Crippen LogP contribution in [0.2, 0.25) is 0 Å². The lowest BCUT2D eigenvalue weighted by molar-refractivity contribution is -0.127. The molecule has 0 unspecified atom stereocenters. The Bertz CT molecular complexity index is 1550. The highest BCUT2D eigenvalue weighted by molar-refractivity contribution is 5.98. The molecule has 1 saturated heterocycles. The lowest BCUT2D eigenvalue weighted by Crippen LogP contribution is -2.40. The van der Waals surface area contributed by atoms with Gasteiger partial charge in [-0.1, -0.05) is 36.9 Å². The molecule has 3 N–H and O–H groups in total. The molecule has 0 spiro atoms. The molecule has 194 valence electrons. The second-order valence-corrected chi connectivity index (χ2v) is 9.34. The van der Waals surface area contributed by atoms with E-state index in [4.69, 9.17) is 10.8 Å². The molecule has 1 fully saturated rings. The van der Waals surface area contributed by atoms with E-state index in [9.17, 15) is 9.59 Å². The summed E-state index contributed by atoms with van der Waals surface area (Å²) in [5, 5.41) is 8.10. The number of halogens is 1. The van der Waals surface area contributed by atoms with E-state index in [2.05, 4.69) is 21.9 Å². The van der Waals surface area contributed by atoms with Crippen molar-refractivity contribution in [3.05, 3.63) is 84.0 Å². The van der Waals surface area contributed by atoms with Gasteiger partial charge in [-0.15, -0.1) is 0 Å². The molecule has 5 rings (SSSR count). The summed E-state index contributed by atoms with van der Waals surface area (Å²) in [5.74, 6) is -0.641. The summed E-state index contributed by atoms with van der Waals surface area (Å²) in [5.41, 5.74) is 9.46. The van der Waals surface area contributed by atoms with Crippen molar-refractivity contribution in [3.63, 3.8) is 0 Å². The predicted octanol–water partition coefficient (Wildman–Crippen LogP) is 3.80. The first-order valence-electron chi connectivity index (χ1n) is 12.4. The first kappa shape index (κ1) is 25.1. The van der Waals surface area contributed by atoms with Crippen LogP contribution in [-0.4, -0.2) is 49.6 Å². The Morgan fingerprint density at radius 3 is 2.82 bits per heavy atom. The number of aromatic nitrogens is 4. The van der Waals surface area contributed by atoms with Crippen LogP contribution in [0.4, 0.5) is 10.2 Å². The third-order valence-electron chi connectivity index (χ3n) is 6.90. The van der Waals surface area contributed by atoms with Gasteiger partial charge in [0.1, 0.15) is 23.7 Å². The SMILES string of the molecule is C=CC(=O)N1CCC[C@@H](n2nc(-c3ccc(CNC(=O)c4ccccc4C)c(F)c3)c3c(N)ncnc32)C1. The van der Waals surface area contributed by atoms with Gasteiger partial charge in [0, 0.05) is 36.3 Å². The maximum absolute atomic E-state index is 15.2. The van der Waals surface area contributed by atoms with Gasteiger partial charge >= 0.3 is 0 Å². The number of nitrogens with one attached hydrogen (secondary N) is 1. The fraction of sp³-hybridized carbons (Fsp3) is 0.250. The van der Waals surface area contributed by atoms with Crippen LogP contribution in [0.25, 0.3) is 22.3 Å². The lowest BCUT2D eigenvalue weighted by atomic mass is 10.1. The molecule has 1 atom stereocenters. The Morgan fingerprint density at radius 1 is 1.24 bits per heavy atom. The standard InChI is InChI=1S/C28H28FN7O2/c1-3-23(37)35-12-6-8-20(15-35)36-27-24(26(30)32-16-33-27)25(34-36)18-10-11-19(22(29)13-18)14-31-28(38)21-9-5-4-7-17(21)2/h3-5,7,9-11,13,16,20H,1,6,8,12,14-15H2,2H3,(H,31,38)(H2,30,32,33)/t20-/m1/s1. The second-order valence-electron chi connectivity index (χ2n) is 9.34. The highest BCUT2D eigenvalue weighted by Crippen LogP contribution is 2.34. The number of likely N-dealkylation sites (tertiary alicyclic amines) is 1. The van der Waals surface area contributed by atoms with Crippen LogP contribution in [0.3, 0.4) is 0 Å². The number of hydrogen-bond donors (Lipinski definition) is 2. The monoisotopic (exact) mass is 513 g/mol. The average molecular weight is 514 g/mol. The van der Waals surface area contributed by atoms with E-state index in [0.29, 0.717) is 46.5 Å². The Kier molecular flexibility index (Phi) is 6.87. The zero-order chi connectivity index (χ0) is 26.8. The summed E-state index contributed by atoms with van der Waals surface area (Å²) in [4.78, 5) is 35.1. The molecule has 0 aliphatic carbocycles. The van der Waals surface area contributed by atoms with Gasteiger partial charge in [-0.25, -0.2) is 19.0 Å². The summed E-state index contributed by atoms with van der Waals surface area (Å²) in [6.45, 7) is 6.58. The maximum Gasteiger partial charge on any atom is 0.251 e. The van der Waals surface area contributed by atoms with E-state index in [-0.39, 0.29) is 30.2 Å². The molecule has 2 aromatic carbocycles. The molecular formula is C28H28FN7O2. The van der Waals surface area contributed by atoms with Gasteiger partial charge in [0.25, 0.3) is 5.91 Å². The highest BCUT2D eigenvalue weighted by Gasteiger charge is 2.28. The van der Waals surface area contributed by atoms with Gasteiger partial charge in [0.2, 0.25) is 5.91 Å². The van der Waals surface area contributed by atoms with Crippen LogP contribution >= 0.6 is 0 Å². The lowest BCUT2D eigenvalue weighted by Gasteiger charge is -2.32. The van der Waals surface area contributed by atoms with Gasteiger partial charge in [0.15, 0.2) is 5.65 Å². The molecule has 3 heterocycles. The van der Waals surface area contributed by atoms with Crippen molar-refractivity contribution in [1.82, 2.24) is 30.0 Å². The number of benzene rings is 2. The van der Waals surface area contributed by atoms with E-state index in [0.717, 1.165) is 18.4 Å². The number of rotatable bonds is 6. The number of nitrogens with two attached hydrogens (primary N) is 1. The molecule has 2 amide bonds. The summed E-state index contributed by atoms with van der Waals surface area (Å²) in [6, 6.07) is 11.9. The Labute approximate surface area is 219 Å². The van der Waals surface area contributed by atoms with Gasteiger partial charge in [-0.3, -0.25) is 9.59 Å². The fourth-order valence-electron chi connectivity index (χ4n) is 4.87. The minimum atomic E-state index is -0.480. The molecule has 0 bridgehead atoms. The molecule has 38 heavy (non-hydrogen) atoms. The summed E-state index contributed by atoms with van der Waals surface area (Å²) < 4.78 is 17.0. The number of carbonyl (C=O) groups is 2. The summed E-state index contributed by atoms with van der Waals surface area (Å²) in [7, 11) is 0. The van der Waals surface area contributed by atoms with E-state index in [1.54, 1.807) is 33.8 Å². The minimum absolute atomic E-state index is 0.0367. The van der Waals surface area contributed by atoms with Gasteiger partial charge in [-0.05, 0) is 43.5 Å². The van der Waals surface area contributed by atoms with E-state index < -0.39 is 5.82 Å². The third-order valence-corrected chi connectivity index (χ3v) is 6.90. The van der Waals surface area contributed by atoms with Crippen molar-refractivity contribution in [2.75, 3.05) is 18.8 Å². The van der Waals surface area contributed by atoms with Gasteiger partial charge in [0.05, 0.1) is 11.4 Å². The van der Waals surface area contributed by atoms with Crippen molar-refractivity contribution >= 4 is 28.7 Å². The minimum Gasteiger partial charge on any atom is -0.383 e. The number of aryl methyl sites for hydroxylation is 1. The zero-order valence-corrected chi connectivity index (χ0v) is 21.0. The van der Waals surface area contributed by atoms with Crippen molar-refractivity contribution in [3.8, 4) is 11.3 Å².